The molecule has 1 aliphatic rings. The molecule has 0 aliphatic carbocycles. The number of nitrogens with one attached hydrogen (secondary N) is 1. The molecule has 0 radical (unpaired) electrons. The van der Waals surface area contributed by atoms with Crippen molar-refractivity contribution in [1.29, 1.82) is 0 Å². The fourth-order valence-electron chi connectivity index (χ4n) is 4.30. The van der Waals surface area contributed by atoms with Gasteiger partial charge in [-0.2, -0.15) is 4.72 Å². The SMILES string of the molecule is CCOC(=O)[C@]1(Cc2ccc(C)cc2OCCCC(C)(C)C(=O)OC)NS(=O)(=O)c2ccccc21. The molecule has 0 spiro atoms. The zero-order valence-corrected chi connectivity index (χ0v) is 21.7. The molecule has 2 aromatic carbocycles. The van der Waals surface area contributed by atoms with Crippen molar-refractivity contribution in [3.8, 4) is 5.75 Å². The quantitative estimate of drug-likeness (QED) is 0.389. The molecule has 1 atom stereocenters. The Kier molecular flexibility index (Phi) is 7.91. The number of rotatable bonds is 10. The number of benzene rings is 2. The van der Waals surface area contributed by atoms with Crippen molar-refractivity contribution in [2.45, 2.75) is 57.4 Å². The van der Waals surface area contributed by atoms with E-state index in [1.165, 1.54) is 13.2 Å². The maximum atomic E-state index is 13.2. The van der Waals surface area contributed by atoms with Gasteiger partial charge in [0.15, 0.2) is 5.54 Å². The van der Waals surface area contributed by atoms with Crippen molar-refractivity contribution in [3.05, 3.63) is 59.2 Å². The maximum Gasteiger partial charge on any atom is 0.332 e. The highest BCUT2D eigenvalue weighted by Gasteiger charge is 2.53. The molecule has 8 nitrogen and oxygen atoms in total. The van der Waals surface area contributed by atoms with E-state index in [2.05, 4.69) is 4.72 Å². The van der Waals surface area contributed by atoms with Gasteiger partial charge in [-0.25, -0.2) is 13.2 Å². The molecule has 0 fully saturated rings. The molecule has 0 saturated carbocycles. The van der Waals surface area contributed by atoms with E-state index >= 15 is 0 Å². The molecular weight excluding hydrogens is 470 g/mol. The summed E-state index contributed by atoms with van der Waals surface area (Å²) in [6.45, 7) is 7.69. The molecule has 0 unspecified atom stereocenters. The third-order valence-corrected chi connectivity index (χ3v) is 7.74. The average Bonchev–Trinajstić information content (AvgIpc) is 3.05. The summed E-state index contributed by atoms with van der Waals surface area (Å²) in [6.07, 6.45) is 1.19. The van der Waals surface area contributed by atoms with E-state index in [0.29, 0.717) is 36.3 Å². The van der Waals surface area contributed by atoms with Gasteiger partial charge in [-0.3, -0.25) is 4.79 Å². The summed E-state index contributed by atoms with van der Waals surface area (Å²) in [4.78, 5) is 25.2. The molecule has 2 aromatic rings. The Bertz CT molecular complexity index is 1210. The number of ether oxygens (including phenoxy) is 3. The molecule has 1 N–H and O–H groups in total. The topological polar surface area (TPSA) is 108 Å². The van der Waals surface area contributed by atoms with Crippen LogP contribution in [0, 0.1) is 12.3 Å². The van der Waals surface area contributed by atoms with Gasteiger partial charge < -0.3 is 14.2 Å². The van der Waals surface area contributed by atoms with Crippen LogP contribution in [0.3, 0.4) is 0 Å². The predicted molar refractivity (Wildman–Crippen MR) is 130 cm³/mol. The molecule has 0 aromatic heterocycles. The fourth-order valence-corrected chi connectivity index (χ4v) is 5.93. The minimum absolute atomic E-state index is 0.0192. The number of hydrogen-bond donors (Lipinski definition) is 1. The third-order valence-electron chi connectivity index (χ3n) is 6.19. The summed E-state index contributed by atoms with van der Waals surface area (Å²) < 4.78 is 44.7. The third kappa shape index (κ3) is 5.51. The predicted octanol–water partition coefficient (Wildman–Crippen LogP) is 3.65. The molecule has 1 heterocycles. The summed E-state index contributed by atoms with van der Waals surface area (Å²) >= 11 is 0. The summed E-state index contributed by atoms with van der Waals surface area (Å²) in [6, 6.07) is 12.0. The number of methoxy groups -OCH3 is 1. The summed E-state index contributed by atoms with van der Waals surface area (Å²) in [7, 11) is -2.53. The standard InChI is InChI=1S/C26H33NO7S/c1-6-33-24(29)26(20-10-7-8-11-22(20)35(30,31)27-26)17-19-13-12-18(2)16-21(19)34-15-9-14-25(3,4)23(28)32-5/h7-8,10-13,16,27H,6,9,14-15,17H2,1-5H3/t26-/m1/s1. The molecular formula is C26H33NO7S. The lowest BCUT2D eigenvalue weighted by Gasteiger charge is -2.28. The lowest BCUT2D eigenvalue weighted by Crippen LogP contribution is -2.49. The highest BCUT2D eigenvalue weighted by molar-refractivity contribution is 7.90. The highest BCUT2D eigenvalue weighted by Crippen LogP contribution is 2.41. The Hall–Kier alpha value is -2.91. The second kappa shape index (κ2) is 10.4. The summed E-state index contributed by atoms with van der Waals surface area (Å²) in [5.41, 5.74) is -0.268. The first-order valence-corrected chi connectivity index (χ1v) is 13.1. The largest absolute Gasteiger partial charge is 0.493 e. The van der Waals surface area contributed by atoms with E-state index in [1.807, 2.05) is 39.0 Å². The molecule has 0 saturated heterocycles. The van der Waals surface area contributed by atoms with Crippen molar-refractivity contribution in [3.63, 3.8) is 0 Å². The normalized spacial score (nSPS) is 18.5. The van der Waals surface area contributed by atoms with Crippen LogP contribution in [-0.4, -0.2) is 40.7 Å². The highest BCUT2D eigenvalue weighted by atomic mass is 32.2. The fraction of sp³-hybridized carbons (Fsp3) is 0.462. The Morgan fingerprint density at radius 2 is 1.83 bits per heavy atom. The lowest BCUT2D eigenvalue weighted by atomic mass is 9.84. The van der Waals surface area contributed by atoms with Gasteiger partial charge in [0.05, 0.1) is 30.6 Å². The minimum Gasteiger partial charge on any atom is -0.493 e. The number of fused-ring (bicyclic) bond motifs is 1. The number of carbonyl (C=O) groups is 2. The number of carbonyl (C=O) groups excluding carboxylic acids is 2. The summed E-state index contributed by atoms with van der Waals surface area (Å²) in [5.74, 6) is -0.398. The Morgan fingerprint density at radius 1 is 1.11 bits per heavy atom. The molecule has 0 bridgehead atoms. The maximum absolute atomic E-state index is 13.2. The average molecular weight is 504 g/mol. The van der Waals surface area contributed by atoms with Crippen LogP contribution in [0.4, 0.5) is 0 Å². The van der Waals surface area contributed by atoms with Gasteiger partial charge in [0.25, 0.3) is 0 Å². The van der Waals surface area contributed by atoms with E-state index < -0.39 is 26.9 Å². The van der Waals surface area contributed by atoms with Crippen LogP contribution < -0.4 is 9.46 Å². The van der Waals surface area contributed by atoms with E-state index in [9.17, 15) is 18.0 Å². The smallest absolute Gasteiger partial charge is 0.332 e. The molecule has 0 amide bonds. The first-order chi connectivity index (χ1) is 16.5. The zero-order chi connectivity index (χ0) is 25.9. The number of esters is 2. The van der Waals surface area contributed by atoms with Crippen molar-refractivity contribution in [2.24, 2.45) is 5.41 Å². The van der Waals surface area contributed by atoms with E-state index in [-0.39, 0.29) is 23.9 Å². The van der Waals surface area contributed by atoms with Gasteiger partial charge in [-0.1, -0.05) is 30.3 Å². The number of aryl methyl sites for hydroxylation is 1. The van der Waals surface area contributed by atoms with E-state index in [1.54, 1.807) is 25.1 Å². The van der Waals surface area contributed by atoms with E-state index in [4.69, 9.17) is 14.2 Å². The molecule has 1 aliphatic heterocycles. The van der Waals surface area contributed by atoms with Gasteiger partial charge >= 0.3 is 11.9 Å². The van der Waals surface area contributed by atoms with Gasteiger partial charge in [0, 0.05) is 12.0 Å². The molecule has 35 heavy (non-hydrogen) atoms. The Morgan fingerprint density at radius 3 is 2.51 bits per heavy atom. The number of sulfonamides is 1. The first-order valence-electron chi connectivity index (χ1n) is 11.6. The van der Waals surface area contributed by atoms with E-state index in [0.717, 1.165) is 5.56 Å². The van der Waals surface area contributed by atoms with Crippen LogP contribution in [0.15, 0.2) is 47.4 Å². The number of hydrogen-bond acceptors (Lipinski definition) is 7. The first kappa shape index (κ1) is 26.7. The zero-order valence-electron chi connectivity index (χ0n) is 20.8. The van der Waals surface area contributed by atoms with Crippen molar-refractivity contribution < 1.29 is 32.2 Å². The van der Waals surface area contributed by atoms with Crippen molar-refractivity contribution >= 4 is 22.0 Å². The van der Waals surface area contributed by atoms with Crippen molar-refractivity contribution in [1.82, 2.24) is 4.72 Å². The molecule has 190 valence electrons. The Balaban J connectivity index is 1.91. The monoisotopic (exact) mass is 503 g/mol. The van der Waals surface area contributed by atoms with Gasteiger partial charge in [0.1, 0.15) is 5.75 Å². The van der Waals surface area contributed by atoms with Crippen LogP contribution in [0.2, 0.25) is 0 Å². The van der Waals surface area contributed by atoms with Gasteiger partial charge in [0.2, 0.25) is 10.0 Å². The van der Waals surface area contributed by atoms with Crippen LogP contribution >= 0.6 is 0 Å². The van der Waals surface area contributed by atoms with Crippen LogP contribution in [0.5, 0.6) is 5.75 Å². The molecule has 3 rings (SSSR count). The second-order valence-electron chi connectivity index (χ2n) is 9.34. The van der Waals surface area contributed by atoms with Gasteiger partial charge in [-0.05, 0) is 63.8 Å². The second-order valence-corrected chi connectivity index (χ2v) is 11.0. The van der Waals surface area contributed by atoms with Crippen LogP contribution in [-0.2, 0) is 41.0 Å². The Labute approximate surface area is 207 Å². The van der Waals surface area contributed by atoms with Gasteiger partial charge in [-0.15, -0.1) is 0 Å². The molecule has 9 heteroatoms. The van der Waals surface area contributed by atoms with Crippen molar-refractivity contribution in [2.75, 3.05) is 20.3 Å². The summed E-state index contributed by atoms with van der Waals surface area (Å²) in [5, 5.41) is 0. The van der Waals surface area contributed by atoms with Crippen LogP contribution in [0.1, 0.15) is 50.3 Å². The lowest BCUT2D eigenvalue weighted by molar-refractivity contribution is -0.151. The minimum atomic E-state index is -3.90. The van der Waals surface area contributed by atoms with Crippen LogP contribution in [0.25, 0.3) is 0 Å².